The van der Waals surface area contributed by atoms with Gasteiger partial charge in [0.05, 0.1) is 6.42 Å². The topological polar surface area (TPSA) is 131 Å². The average Bonchev–Trinajstić information content (AvgIpc) is 2.83. The van der Waals surface area contributed by atoms with Crippen molar-refractivity contribution in [1.82, 2.24) is 15.5 Å². The van der Waals surface area contributed by atoms with Gasteiger partial charge in [0.15, 0.2) is 0 Å². The molecule has 0 aliphatic heterocycles. The molecule has 0 saturated heterocycles. The molecule has 9 heteroatoms. The quantitative estimate of drug-likeness (QED) is 0.413. The maximum absolute atomic E-state index is 13.9. The molecule has 0 heterocycles. The van der Waals surface area contributed by atoms with Crippen molar-refractivity contribution in [1.29, 1.82) is 0 Å². The molecule has 0 aliphatic carbocycles. The first kappa shape index (κ1) is 30.3. The van der Waals surface area contributed by atoms with Gasteiger partial charge in [0.1, 0.15) is 17.7 Å². The van der Waals surface area contributed by atoms with Gasteiger partial charge in [-0.3, -0.25) is 14.4 Å². The second-order valence-corrected chi connectivity index (χ2v) is 10.3. The van der Waals surface area contributed by atoms with E-state index in [1.54, 1.807) is 20.8 Å². The molecule has 0 spiro atoms. The van der Waals surface area contributed by atoms with Crippen molar-refractivity contribution < 1.29 is 23.9 Å². The number of nitrogens with two attached hydrogens (primary N) is 1. The SMILES string of the molecule is CCCN(C(=O)C(CC(N)=O)NC(=O)OC(C)(C)C)C(C(=O)NCc1ccccc1)c1cccc(C)c1C. The minimum atomic E-state index is -1.30. The summed E-state index contributed by atoms with van der Waals surface area (Å²) in [6.07, 6.45) is -0.761. The van der Waals surface area contributed by atoms with Crippen molar-refractivity contribution in [3.8, 4) is 0 Å². The van der Waals surface area contributed by atoms with Crippen molar-refractivity contribution in [2.24, 2.45) is 5.73 Å². The molecule has 2 atom stereocenters. The third-order valence-corrected chi connectivity index (χ3v) is 5.95. The summed E-state index contributed by atoms with van der Waals surface area (Å²) < 4.78 is 5.30. The number of nitrogens with zero attached hydrogens (tertiary/aromatic N) is 1. The van der Waals surface area contributed by atoms with Crippen molar-refractivity contribution in [3.63, 3.8) is 0 Å². The van der Waals surface area contributed by atoms with Crippen LogP contribution in [0.3, 0.4) is 0 Å². The summed E-state index contributed by atoms with van der Waals surface area (Å²) in [5, 5.41) is 5.44. The normalized spacial score (nSPS) is 12.7. The molecule has 206 valence electrons. The summed E-state index contributed by atoms with van der Waals surface area (Å²) in [7, 11) is 0. The summed E-state index contributed by atoms with van der Waals surface area (Å²) in [6, 6.07) is 12.7. The third kappa shape index (κ3) is 8.90. The lowest BCUT2D eigenvalue weighted by molar-refractivity contribution is -0.143. The van der Waals surface area contributed by atoms with E-state index < -0.39 is 42.0 Å². The van der Waals surface area contributed by atoms with Gasteiger partial charge >= 0.3 is 6.09 Å². The largest absolute Gasteiger partial charge is 0.444 e. The standard InChI is InChI=1S/C29H40N4O5/c1-7-16-33(27(36)23(17-24(30)34)32-28(37)38-29(4,5)6)25(22-15-11-12-19(2)20(22)3)26(35)31-18-21-13-9-8-10-14-21/h8-15,23,25H,7,16-18H2,1-6H3,(H2,30,34)(H,31,35)(H,32,37). The Balaban J connectivity index is 2.49. The summed E-state index contributed by atoms with van der Waals surface area (Å²) in [6.45, 7) is 11.3. The molecule has 4 N–H and O–H groups in total. The Hall–Kier alpha value is -3.88. The van der Waals surface area contributed by atoms with Crippen LogP contribution in [-0.4, -0.2) is 46.9 Å². The van der Waals surface area contributed by atoms with Gasteiger partial charge in [-0.1, -0.05) is 55.5 Å². The highest BCUT2D eigenvalue weighted by Crippen LogP contribution is 2.28. The van der Waals surface area contributed by atoms with Crippen LogP contribution in [0.2, 0.25) is 0 Å². The number of hydrogen-bond acceptors (Lipinski definition) is 5. The summed E-state index contributed by atoms with van der Waals surface area (Å²) >= 11 is 0. The van der Waals surface area contributed by atoms with Crippen LogP contribution < -0.4 is 16.4 Å². The van der Waals surface area contributed by atoms with Gasteiger partial charge in [-0.25, -0.2) is 4.79 Å². The van der Waals surface area contributed by atoms with E-state index in [2.05, 4.69) is 10.6 Å². The highest BCUT2D eigenvalue weighted by atomic mass is 16.6. The Morgan fingerprint density at radius 2 is 1.66 bits per heavy atom. The van der Waals surface area contributed by atoms with Crippen LogP contribution in [0, 0.1) is 13.8 Å². The number of alkyl carbamates (subject to hydrolysis) is 1. The lowest BCUT2D eigenvalue weighted by Crippen LogP contribution is -2.54. The summed E-state index contributed by atoms with van der Waals surface area (Å²) in [5.74, 6) is -1.75. The van der Waals surface area contributed by atoms with Crippen LogP contribution in [0.4, 0.5) is 4.79 Å². The molecular weight excluding hydrogens is 484 g/mol. The molecule has 0 radical (unpaired) electrons. The number of nitrogens with one attached hydrogen (secondary N) is 2. The van der Waals surface area contributed by atoms with Crippen LogP contribution in [0.5, 0.6) is 0 Å². The van der Waals surface area contributed by atoms with E-state index in [-0.39, 0.29) is 19.0 Å². The molecule has 2 aromatic rings. The minimum absolute atomic E-state index is 0.209. The minimum Gasteiger partial charge on any atom is -0.444 e. The van der Waals surface area contributed by atoms with Gasteiger partial charge in [0.2, 0.25) is 17.7 Å². The van der Waals surface area contributed by atoms with Gasteiger partial charge in [0.25, 0.3) is 0 Å². The van der Waals surface area contributed by atoms with E-state index in [1.165, 1.54) is 4.90 Å². The maximum Gasteiger partial charge on any atom is 0.408 e. The van der Waals surface area contributed by atoms with Crippen molar-refractivity contribution >= 4 is 23.8 Å². The predicted octanol–water partition coefficient (Wildman–Crippen LogP) is 3.67. The smallest absolute Gasteiger partial charge is 0.408 e. The Morgan fingerprint density at radius 1 is 1.00 bits per heavy atom. The van der Waals surface area contributed by atoms with Crippen molar-refractivity contribution in [3.05, 3.63) is 70.8 Å². The fourth-order valence-corrected chi connectivity index (χ4v) is 4.06. The van der Waals surface area contributed by atoms with E-state index >= 15 is 0 Å². The molecule has 2 unspecified atom stereocenters. The average molecular weight is 525 g/mol. The Labute approximate surface area is 225 Å². The maximum atomic E-state index is 13.9. The number of benzene rings is 2. The molecule has 0 bridgehead atoms. The molecule has 0 aromatic heterocycles. The molecule has 4 amide bonds. The first-order valence-corrected chi connectivity index (χ1v) is 12.8. The van der Waals surface area contributed by atoms with Crippen LogP contribution in [0.1, 0.15) is 68.8 Å². The van der Waals surface area contributed by atoms with Gasteiger partial charge in [-0.2, -0.15) is 0 Å². The van der Waals surface area contributed by atoms with Crippen LogP contribution in [0.15, 0.2) is 48.5 Å². The number of aryl methyl sites for hydroxylation is 1. The fraction of sp³-hybridized carbons (Fsp3) is 0.448. The molecule has 2 aromatic carbocycles. The molecule has 2 rings (SSSR count). The predicted molar refractivity (Wildman–Crippen MR) is 146 cm³/mol. The Bertz CT molecular complexity index is 1130. The zero-order chi connectivity index (χ0) is 28.5. The Kier molecular flexibility index (Phi) is 10.9. The molecule has 0 saturated carbocycles. The van der Waals surface area contributed by atoms with E-state index in [9.17, 15) is 19.2 Å². The van der Waals surface area contributed by atoms with Crippen molar-refractivity contribution in [2.45, 2.75) is 78.6 Å². The van der Waals surface area contributed by atoms with Crippen LogP contribution >= 0.6 is 0 Å². The summed E-state index contributed by atoms with van der Waals surface area (Å²) in [5.41, 5.74) is 8.02. The highest BCUT2D eigenvalue weighted by molar-refractivity contribution is 5.94. The summed E-state index contributed by atoms with van der Waals surface area (Å²) in [4.78, 5) is 53.5. The van der Waals surface area contributed by atoms with E-state index in [0.29, 0.717) is 12.0 Å². The van der Waals surface area contributed by atoms with Gasteiger partial charge < -0.3 is 26.0 Å². The van der Waals surface area contributed by atoms with Crippen molar-refractivity contribution in [2.75, 3.05) is 6.54 Å². The number of carbonyl (C=O) groups is 4. The number of primary amides is 1. The molecule has 0 aliphatic rings. The molecule has 9 nitrogen and oxygen atoms in total. The number of amides is 4. The highest BCUT2D eigenvalue weighted by Gasteiger charge is 2.37. The Morgan fingerprint density at radius 3 is 2.24 bits per heavy atom. The number of hydrogen-bond donors (Lipinski definition) is 3. The second kappa shape index (κ2) is 13.6. The molecular formula is C29H40N4O5. The number of rotatable bonds is 11. The van der Waals surface area contributed by atoms with Gasteiger partial charge in [0, 0.05) is 13.1 Å². The number of carbonyl (C=O) groups excluding carboxylic acids is 4. The monoisotopic (exact) mass is 524 g/mol. The molecule has 0 fully saturated rings. The fourth-order valence-electron chi connectivity index (χ4n) is 4.06. The number of ether oxygens (including phenoxy) is 1. The second-order valence-electron chi connectivity index (χ2n) is 10.3. The van der Waals surface area contributed by atoms with Gasteiger partial charge in [-0.15, -0.1) is 0 Å². The first-order valence-electron chi connectivity index (χ1n) is 12.8. The van der Waals surface area contributed by atoms with Crippen LogP contribution in [-0.2, 0) is 25.7 Å². The van der Waals surface area contributed by atoms with E-state index in [0.717, 1.165) is 16.7 Å². The lowest BCUT2D eigenvalue weighted by Gasteiger charge is -2.35. The lowest BCUT2D eigenvalue weighted by atomic mass is 9.94. The van der Waals surface area contributed by atoms with Crippen LogP contribution in [0.25, 0.3) is 0 Å². The zero-order valence-electron chi connectivity index (χ0n) is 23.2. The van der Waals surface area contributed by atoms with E-state index in [1.807, 2.05) is 69.3 Å². The van der Waals surface area contributed by atoms with E-state index in [4.69, 9.17) is 10.5 Å². The molecule has 38 heavy (non-hydrogen) atoms. The van der Waals surface area contributed by atoms with Gasteiger partial charge in [-0.05, 0) is 63.3 Å². The first-order chi connectivity index (χ1) is 17.8. The third-order valence-electron chi connectivity index (χ3n) is 5.95. The zero-order valence-corrected chi connectivity index (χ0v) is 23.2.